The van der Waals surface area contributed by atoms with Crippen LogP contribution >= 0.6 is 11.3 Å². The van der Waals surface area contributed by atoms with Gasteiger partial charge in [-0.25, -0.2) is 8.42 Å². The first kappa shape index (κ1) is 22.0. The normalized spacial score (nSPS) is 12.7. The number of amides is 1. The van der Waals surface area contributed by atoms with Crippen LogP contribution in [-0.4, -0.2) is 31.2 Å². The second-order valence-electron chi connectivity index (χ2n) is 7.11. The molecule has 0 bridgehead atoms. The molecule has 0 radical (unpaired) electrons. The number of aromatic nitrogens is 1. The van der Waals surface area contributed by atoms with Crippen LogP contribution < -0.4 is 14.5 Å². The lowest BCUT2D eigenvalue weighted by molar-refractivity contribution is -0.117. The predicted molar refractivity (Wildman–Crippen MR) is 123 cm³/mol. The van der Waals surface area contributed by atoms with Crippen LogP contribution in [-0.2, 0) is 21.4 Å². The van der Waals surface area contributed by atoms with Crippen LogP contribution in [0.5, 0.6) is 0 Å². The Bertz CT molecular complexity index is 1240. The lowest BCUT2D eigenvalue weighted by Gasteiger charge is -2.30. The number of fused-ring (bicyclic) bond motifs is 1. The van der Waals surface area contributed by atoms with E-state index >= 15 is 0 Å². The summed E-state index contributed by atoms with van der Waals surface area (Å²) < 4.78 is 28.7. The van der Waals surface area contributed by atoms with Gasteiger partial charge in [-0.3, -0.25) is 18.5 Å². The molecule has 160 valence electrons. The van der Waals surface area contributed by atoms with E-state index in [4.69, 9.17) is 0 Å². The third kappa shape index (κ3) is 4.41. The molecular weight excluding hydrogens is 422 g/mol. The van der Waals surface area contributed by atoms with Crippen molar-refractivity contribution in [2.45, 2.75) is 39.8 Å². The molecule has 9 heteroatoms. The molecule has 0 saturated heterocycles. The van der Waals surface area contributed by atoms with Gasteiger partial charge in [0, 0.05) is 12.2 Å². The summed E-state index contributed by atoms with van der Waals surface area (Å²) in [4.78, 5) is 25.1. The van der Waals surface area contributed by atoms with Crippen LogP contribution in [0.2, 0.25) is 0 Å². The fourth-order valence-electron chi connectivity index (χ4n) is 3.49. The molecule has 2 aromatic carbocycles. The third-order valence-electron chi connectivity index (χ3n) is 4.84. The average Bonchev–Trinajstić information content (AvgIpc) is 2.98. The smallest absolute Gasteiger partial charge is 0.308 e. The number of carbonyl (C=O) groups excluding carboxylic acids is 1. The predicted octanol–water partition coefficient (Wildman–Crippen LogP) is 3.57. The van der Waals surface area contributed by atoms with Gasteiger partial charge >= 0.3 is 4.87 Å². The van der Waals surface area contributed by atoms with Crippen molar-refractivity contribution >= 4 is 48.9 Å². The number of rotatable bonds is 7. The first-order valence-electron chi connectivity index (χ1n) is 9.66. The monoisotopic (exact) mass is 447 g/mol. The van der Waals surface area contributed by atoms with Gasteiger partial charge in [0.05, 0.1) is 22.2 Å². The van der Waals surface area contributed by atoms with Crippen LogP contribution in [0.3, 0.4) is 0 Å². The molecule has 3 aromatic rings. The van der Waals surface area contributed by atoms with Gasteiger partial charge in [-0.05, 0) is 56.2 Å². The van der Waals surface area contributed by atoms with Gasteiger partial charge in [-0.1, -0.05) is 30.4 Å². The summed E-state index contributed by atoms with van der Waals surface area (Å²) in [6.45, 7) is 6.12. The Kier molecular flexibility index (Phi) is 6.33. The number of nitrogens with one attached hydrogen (secondary N) is 1. The van der Waals surface area contributed by atoms with E-state index in [0.717, 1.165) is 33.4 Å². The van der Waals surface area contributed by atoms with E-state index in [-0.39, 0.29) is 4.87 Å². The zero-order valence-corrected chi connectivity index (χ0v) is 19.0. The summed E-state index contributed by atoms with van der Waals surface area (Å²) in [6.07, 6.45) is 1.40. The molecule has 1 heterocycles. The highest BCUT2D eigenvalue weighted by molar-refractivity contribution is 7.92. The van der Waals surface area contributed by atoms with E-state index in [2.05, 4.69) is 5.32 Å². The Morgan fingerprint density at radius 2 is 1.93 bits per heavy atom. The molecule has 30 heavy (non-hydrogen) atoms. The topological polar surface area (TPSA) is 88.5 Å². The molecule has 7 nitrogen and oxygen atoms in total. The number of aryl methyl sites for hydroxylation is 2. The summed E-state index contributed by atoms with van der Waals surface area (Å²) >= 11 is 1.12. The maximum atomic E-state index is 13.1. The zero-order chi connectivity index (χ0) is 22.1. The molecule has 1 N–H and O–H groups in total. The van der Waals surface area contributed by atoms with Crippen molar-refractivity contribution < 1.29 is 13.2 Å². The highest BCUT2D eigenvalue weighted by atomic mass is 32.2. The van der Waals surface area contributed by atoms with Crippen molar-refractivity contribution in [1.29, 1.82) is 0 Å². The van der Waals surface area contributed by atoms with Gasteiger partial charge in [-0.15, -0.1) is 0 Å². The Morgan fingerprint density at radius 1 is 1.20 bits per heavy atom. The largest absolute Gasteiger partial charge is 0.324 e. The van der Waals surface area contributed by atoms with Crippen LogP contribution in [0.4, 0.5) is 11.4 Å². The molecule has 1 amide bonds. The van der Waals surface area contributed by atoms with Crippen molar-refractivity contribution in [1.82, 2.24) is 4.57 Å². The Morgan fingerprint density at radius 3 is 2.53 bits per heavy atom. The molecule has 0 spiro atoms. The van der Waals surface area contributed by atoms with Crippen molar-refractivity contribution in [3.8, 4) is 0 Å². The summed E-state index contributed by atoms with van der Waals surface area (Å²) in [7, 11) is -3.69. The fourth-order valence-corrected chi connectivity index (χ4v) is 5.69. The van der Waals surface area contributed by atoms with Gasteiger partial charge in [0.15, 0.2) is 0 Å². The molecule has 1 atom stereocenters. The van der Waals surface area contributed by atoms with Gasteiger partial charge in [0.25, 0.3) is 0 Å². The number of benzene rings is 2. The Hall–Kier alpha value is -2.65. The second kappa shape index (κ2) is 8.61. The zero-order valence-electron chi connectivity index (χ0n) is 17.4. The van der Waals surface area contributed by atoms with Crippen LogP contribution in [0.15, 0.2) is 47.3 Å². The van der Waals surface area contributed by atoms with E-state index in [1.165, 1.54) is 4.31 Å². The van der Waals surface area contributed by atoms with E-state index in [9.17, 15) is 18.0 Å². The SMILES string of the molecule is CCC(C(=O)Nc1ccc2c(c1)sc(=O)n2CC)N(c1cccc(C)c1)S(C)(=O)=O. The minimum atomic E-state index is -3.69. The molecule has 3 rings (SSSR count). The summed E-state index contributed by atoms with van der Waals surface area (Å²) in [5.41, 5.74) is 2.69. The minimum absolute atomic E-state index is 0.0508. The second-order valence-corrected chi connectivity index (χ2v) is 9.96. The molecule has 0 aliphatic carbocycles. The number of hydrogen-bond acceptors (Lipinski definition) is 5. The molecule has 0 fully saturated rings. The maximum absolute atomic E-state index is 13.1. The van der Waals surface area contributed by atoms with Gasteiger partial charge in [0.1, 0.15) is 6.04 Å². The number of anilines is 2. The molecule has 0 aliphatic rings. The number of sulfonamides is 1. The van der Waals surface area contributed by atoms with Gasteiger partial charge in [0.2, 0.25) is 15.9 Å². The standard InChI is InChI=1S/C21H25N3O4S2/c1-5-17(24(30(4,27)28)16-9-7-8-14(3)12-16)20(25)22-15-10-11-18-19(13-15)29-21(26)23(18)6-2/h7-13,17H,5-6H2,1-4H3,(H,22,25). The van der Waals surface area contributed by atoms with E-state index in [1.807, 2.05) is 19.9 Å². The van der Waals surface area contributed by atoms with Gasteiger partial charge in [-0.2, -0.15) is 0 Å². The lowest BCUT2D eigenvalue weighted by Crippen LogP contribution is -2.47. The molecule has 0 aliphatic heterocycles. The summed E-state index contributed by atoms with van der Waals surface area (Å²) in [5.74, 6) is -0.425. The molecular formula is C21H25N3O4S2. The van der Waals surface area contributed by atoms with Crippen molar-refractivity contribution in [2.75, 3.05) is 15.9 Å². The quantitative estimate of drug-likeness (QED) is 0.600. The van der Waals surface area contributed by atoms with E-state index in [0.29, 0.717) is 24.3 Å². The van der Waals surface area contributed by atoms with Crippen molar-refractivity contribution in [3.63, 3.8) is 0 Å². The number of hydrogen-bond donors (Lipinski definition) is 1. The highest BCUT2D eigenvalue weighted by Gasteiger charge is 2.31. The number of thiazole rings is 1. The average molecular weight is 448 g/mol. The molecule has 1 unspecified atom stereocenters. The third-order valence-corrected chi connectivity index (χ3v) is 6.96. The Balaban J connectivity index is 1.94. The lowest BCUT2D eigenvalue weighted by atomic mass is 10.1. The first-order valence-corrected chi connectivity index (χ1v) is 12.3. The minimum Gasteiger partial charge on any atom is -0.324 e. The summed E-state index contributed by atoms with van der Waals surface area (Å²) in [6, 6.07) is 11.4. The number of carbonyl (C=O) groups is 1. The fraction of sp³-hybridized carbons (Fsp3) is 0.333. The highest BCUT2D eigenvalue weighted by Crippen LogP contribution is 2.26. The number of nitrogens with zero attached hydrogens (tertiary/aromatic N) is 2. The van der Waals surface area contributed by atoms with Crippen LogP contribution in [0, 0.1) is 6.92 Å². The van der Waals surface area contributed by atoms with Crippen LogP contribution in [0.25, 0.3) is 10.2 Å². The van der Waals surface area contributed by atoms with Gasteiger partial charge < -0.3 is 5.32 Å². The first-order chi connectivity index (χ1) is 14.2. The van der Waals surface area contributed by atoms with Crippen molar-refractivity contribution in [3.05, 3.63) is 57.7 Å². The van der Waals surface area contributed by atoms with Crippen LogP contribution in [0.1, 0.15) is 25.8 Å². The van der Waals surface area contributed by atoms with E-state index < -0.39 is 22.0 Å². The maximum Gasteiger partial charge on any atom is 0.308 e. The Labute approximate surface area is 180 Å². The molecule has 1 aromatic heterocycles. The molecule has 0 saturated carbocycles. The van der Waals surface area contributed by atoms with Crippen molar-refractivity contribution in [2.24, 2.45) is 0 Å². The summed E-state index contributed by atoms with van der Waals surface area (Å²) in [5, 5.41) is 2.82. The van der Waals surface area contributed by atoms with E-state index in [1.54, 1.807) is 47.9 Å².